The first kappa shape index (κ1) is 14.2. The van der Waals surface area contributed by atoms with Gasteiger partial charge in [0.05, 0.1) is 6.04 Å². The van der Waals surface area contributed by atoms with E-state index in [2.05, 4.69) is 10.1 Å². The van der Waals surface area contributed by atoms with E-state index in [-0.39, 0.29) is 24.1 Å². The first-order valence-corrected chi connectivity index (χ1v) is 8.01. The smallest absolute Gasteiger partial charge is 0.250 e. The molecule has 0 unspecified atom stereocenters. The fraction of sp³-hybridized carbons (Fsp3) is 0.500. The van der Waals surface area contributed by atoms with E-state index < -0.39 is 0 Å². The molecule has 7 nitrogen and oxygen atoms in total. The lowest BCUT2D eigenvalue weighted by Gasteiger charge is -2.22. The Hall–Kier alpha value is -2.44. The summed E-state index contributed by atoms with van der Waals surface area (Å²) in [5, 5.41) is 4.07. The molecule has 0 N–H and O–H groups in total. The van der Waals surface area contributed by atoms with Crippen LogP contribution in [0.15, 0.2) is 33.7 Å². The number of pyridine rings is 1. The van der Waals surface area contributed by atoms with Crippen LogP contribution in [-0.4, -0.2) is 32.1 Å². The summed E-state index contributed by atoms with van der Waals surface area (Å²) in [5.41, 5.74) is -0.174. The maximum atomic E-state index is 12.6. The predicted octanol–water partition coefficient (Wildman–Crippen LogP) is 1.47. The molecule has 0 aromatic carbocycles. The molecule has 2 aliphatic rings. The molecule has 1 aliphatic heterocycles. The Kier molecular flexibility index (Phi) is 3.48. The molecule has 0 radical (unpaired) electrons. The Morgan fingerprint density at radius 1 is 1.30 bits per heavy atom. The molecule has 1 aliphatic carbocycles. The maximum absolute atomic E-state index is 12.6. The summed E-state index contributed by atoms with van der Waals surface area (Å²) < 4.78 is 6.73. The van der Waals surface area contributed by atoms with E-state index >= 15 is 0 Å². The van der Waals surface area contributed by atoms with Crippen molar-refractivity contribution in [2.45, 2.75) is 44.2 Å². The van der Waals surface area contributed by atoms with Crippen molar-refractivity contribution in [3.63, 3.8) is 0 Å². The van der Waals surface area contributed by atoms with E-state index in [0.29, 0.717) is 24.2 Å². The molecule has 7 heteroatoms. The molecule has 4 rings (SSSR count). The molecular formula is C16H18N4O3. The van der Waals surface area contributed by atoms with Gasteiger partial charge in [0, 0.05) is 24.7 Å². The molecule has 23 heavy (non-hydrogen) atoms. The second-order valence-electron chi connectivity index (χ2n) is 6.18. The highest BCUT2D eigenvalue weighted by Crippen LogP contribution is 2.40. The van der Waals surface area contributed by atoms with Crippen molar-refractivity contribution in [3.8, 4) is 0 Å². The summed E-state index contributed by atoms with van der Waals surface area (Å²) in [6.45, 7) is 0.710. The van der Waals surface area contributed by atoms with Crippen molar-refractivity contribution in [2.24, 2.45) is 0 Å². The number of aromatic nitrogens is 3. The zero-order valence-corrected chi connectivity index (χ0v) is 12.7. The molecule has 2 fully saturated rings. The fourth-order valence-corrected chi connectivity index (χ4v) is 3.04. The summed E-state index contributed by atoms with van der Waals surface area (Å²) in [7, 11) is 0. The van der Waals surface area contributed by atoms with Gasteiger partial charge in [-0.3, -0.25) is 9.59 Å². The molecule has 120 valence electrons. The number of likely N-dealkylation sites (tertiary alicyclic amines) is 1. The molecular weight excluding hydrogens is 296 g/mol. The van der Waals surface area contributed by atoms with Crippen LogP contribution in [0.2, 0.25) is 0 Å². The molecule has 3 heterocycles. The van der Waals surface area contributed by atoms with Gasteiger partial charge in [0.2, 0.25) is 11.8 Å². The third-order valence-electron chi connectivity index (χ3n) is 4.46. The van der Waals surface area contributed by atoms with Crippen LogP contribution in [0.5, 0.6) is 0 Å². The fourth-order valence-electron chi connectivity index (χ4n) is 3.04. The third kappa shape index (κ3) is 2.78. The van der Waals surface area contributed by atoms with Gasteiger partial charge in [0.15, 0.2) is 5.82 Å². The van der Waals surface area contributed by atoms with E-state index in [9.17, 15) is 9.59 Å². The normalized spacial score (nSPS) is 20.9. The van der Waals surface area contributed by atoms with Crippen LogP contribution in [0.3, 0.4) is 0 Å². The van der Waals surface area contributed by atoms with E-state index in [0.717, 1.165) is 25.7 Å². The number of amides is 1. The number of carbonyl (C=O) groups is 1. The zero-order chi connectivity index (χ0) is 15.8. The van der Waals surface area contributed by atoms with Crippen LogP contribution in [0.4, 0.5) is 0 Å². The molecule has 0 spiro atoms. The highest BCUT2D eigenvalue weighted by Gasteiger charge is 2.36. The standard InChI is InChI=1S/C16H18N4O3/c21-13-5-1-2-8-19(13)10-14(22)20-9-3-4-12(20)15-17-16(23-18-15)11-6-7-11/h1-2,5,8,11-12H,3-4,6-7,9-10H2/t12-/m0/s1. The maximum Gasteiger partial charge on any atom is 0.250 e. The van der Waals surface area contributed by atoms with Crippen molar-refractivity contribution >= 4 is 5.91 Å². The molecule has 1 atom stereocenters. The lowest BCUT2D eigenvalue weighted by atomic mass is 10.2. The first-order chi connectivity index (χ1) is 11.2. The minimum absolute atomic E-state index is 0.0451. The van der Waals surface area contributed by atoms with Crippen molar-refractivity contribution in [1.82, 2.24) is 19.6 Å². The predicted molar refractivity (Wildman–Crippen MR) is 80.7 cm³/mol. The van der Waals surface area contributed by atoms with Crippen LogP contribution in [0.1, 0.15) is 49.4 Å². The van der Waals surface area contributed by atoms with E-state index in [1.165, 1.54) is 10.6 Å². The minimum atomic E-state index is -0.174. The van der Waals surface area contributed by atoms with Crippen molar-refractivity contribution in [3.05, 3.63) is 46.5 Å². The molecule has 2 aromatic heterocycles. The molecule has 1 amide bonds. The summed E-state index contributed by atoms with van der Waals surface area (Å²) in [6.07, 6.45) is 5.58. The average molecular weight is 314 g/mol. The average Bonchev–Trinajstić information content (AvgIpc) is 3.10. The van der Waals surface area contributed by atoms with Gasteiger partial charge in [-0.2, -0.15) is 4.98 Å². The van der Waals surface area contributed by atoms with Gasteiger partial charge in [-0.25, -0.2) is 0 Å². The second kappa shape index (κ2) is 5.64. The lowest BCUT2D eigenvalue weighted by Crippen LogP contribution is -2.36. The first-order valence-electron chi connectivity index (χ1n) is 8.01. The summed E-state index contributed by atoms with van der Waals surface area (Å²) in [6, 6.07) is 4.73. The number of nitrogens with zero attached hydrogens (tertiary/aromatic N) is 4. The number of rotatable bonds is 4. The highest BCUT2D eigenvalue weighted by molar-refractivity contribution is 5.76. The lowest BCUT2D eigenvalue weighted by molar-refractivity contribution is -0.133. The van der Waals surface area contributed by atoms with Gasteiger partial charge >= 0.3 is 0 Å². The zero-order valence-electron chi connectivity index (χ0n) is 12.7. The minimum Gasteiger partial charge on any atom is -0.339 e. The van der Waals surface area contributed by atoms with Crippen LogP contribution in [-0.2, 0) is 11.3 Å². The molecule has 1 saturated heterocycles. The van der Waals surface area contributed by atoms with Gasteiger partial charge in [-0.05, 0) is 31.7 Å². The topological polar surface area (TPSA) is 81.2 Å². The van der Waals surface area contributed by atoms with Crippen LogP contribution >= 0.6 is 0 Å². The van der Waals surface area contributed by atoms with Crippen molar-refractivity contribution in [1.29, 1.82) is 0 Å². The summed E-state index contributed by atoms with van der Waals surface area (Å²) in [5.74, 6) is 1.61. The SMILES string of the molecule is O=C(Cn1ccccc1=O)N1CCC[C@H]1c1noc(C2CC2)n1. The monoisotopic (exact) mass is 314 g/mol. The quantitative estimate of drug-likeness (QED) is 0.853. The van der Waals surface area contributed by atoms with Gasteiger partial charge in [0.1, 0.15) is 6.54 Å². The van der Waals surface area contributed by atoms with Crippen molar-refractivity contribution in [2.75, 3.05) is 6.54 Å². The highest BCUT2D eigenvalue weighted by atomic mass is 16.5. The molecule has 2 aromatic rings. The Bertz CT molecular complexity index is 777. The van der Waals surface area contributed by atoms with Gasteiger partial charge in [0.25, 0.3) is 5.56 Å². The van der Waals surface area contributed by atoms with Gasteiger partial charge in [-0.15, -0.1) is 0 Å². The van der Waals surface area contributed by atoms with Crippen molar-refractivity contribution < 1.29 is 9.32 Å². The Morgan fingerprint density at radius 2 is 2.17 bits per heavy atom. The second-order valence-corrected chi connectivity index (χ2v) is 6.18. The van der Waals surface area contributed by atoms with E-state index in [1.54, 1.807) is 23.2 Å². The van der Waals surface area contributed by atoms with E-state index in [4.69, 9.17) is 4.52 Å². The summed E-state index contributed by atoms with van der Waals surface area (Å²) >= 11 is 0. The number of hydrogen-bond donors (Lipinski definition) is 0. The van der Waals surface area contributed by atoms with E-state index in [1.807, 2.05) is 0 Å². The Labute approximate surface area is 132 Å². The molecule has 1 saturated carbocycles. The largest absolute Gasteiger partial charge is 0.339 e. The van der Waals surface area contributed by atoms with Crippen LogP contribution in [0.25, 0.3) is 0 Å². The van der Waals surface area contributed by atoms with Gasteiger partial charge in [-0.1, -0.05) is 11.2 Å². The number of carbonyl (C=O) groups excluding carboxylic acids is 1. The Balaban J connectivity index is 1.51. The molecule has 0 bridgehead atoms. The third-order valence-corrected chi connectivity index (χ3v) is 4.46. The Morgan fingerprint density at radius 3 is 2.96 bits per heavy atom. The van der Waals surface area contributed by atoms with Crippen LogP contribution < -0.4 is 5.56 Å². The van der Waals surface area contributed by atoms with Gasteiger partial charge < -0.3 is 14.0 Å². The summed E-state index contributed by atoms with van der Waals surface area (Å²) in [4.78, 5) is 30.6. The number of hydrogen-bond acceptors (Lipinski definition) is 5. The van der Waals surface area contributed by atoms with Crippen LogP contribution in [0, 0.1) is 0 Å².